The van der Waals surface area contributed by atoms with Crippen molar-refractivity contribution in [2.75, 3.05) is 33.4 Å². The molecule has 1 aliphatic rings. The van der Waals surface area contributed by atoms with Crippen molar-refractivity contribution in [3.05, 3.63) is 21.9 Å². The van der Waals surface area contributed by atoms with Crippen LogP contribution in [0.1, 0.15) is 16.2 Å². The maximum atomic E-state index is 5.37. The Labute approximate surface area is 113 Å². The number of nitrogens with zero attached hydrogens (tertiary/aromatic N) is 1. The first-order valence-electron chi connectivity index (χ1n) is 6.30. The van der Waals surface area contributed by atoms with Gasteiger partial charge in [-0.15, -0.1) is 11.3 Å². The van der Waals surface area contributed by atoms with E-state index in [1.54, 1.807) is 18.4 Å². The lowest BCUT2D eigenvalue weighted by molar-refractivity contribution is 0.153. The molecule has 0 bridgehead atoms. The van der Waals surface area contributed by atoms with Gasteiger partial charge in [0.25, 0.3) is 0 Å². The average Bonchev–Trinajstić information content (AvgIpc) is 2.98. The maximum absolute atomic E-state index is 5.37. The molecule has 98 valence electrons. The summed E-state index contributed by atoms with van der Waals surface area (Å²) in [6, 6.07) is 4.26. The monoisotopic (exact) mass is 264 g/mol. The van der Waals surface area contributed by atoms with E-state index in [0.29, 0.717) is 12.5 Å². The topological polar surface area (TPSA) is 38.5 Å². The minimum atomic E-state index is 0.429. The summed E-state index contributed by atoms with van der Waals surface area (Å²) < 4.78 is 5.22. The van der Waals surface area contributed by atoms with Crippen molar-refractivity contribution in [2.45, 2.75) is 13.0 Å². The molecule has 0 spiro atoms. The van der Waals surface area contributed by atoms with Gasteiger partial charge in [0.2, 0.25) is 0 Å². The molecule has 0 radical (unpaired) electrons. The SMILES string of the molecule is COCC1CCN(Cc2ccc(C#CCN)s2)C1. The van der Waals surface area contributed by atoms with Gasteiger partial charge in [-0.1, -0.05) is 11.8 Å². The third kappa shape index (κ3) is 3.82. The van der Waals surface area contributed by atoms with Crippen molar-refractivity contribution < 1.29 is 4.74 Å². The smallest absolute Gasteiger partial charge is 0.0772 e. The third-order valence-electron chi connectivity index (χ3n) is 3.13. The molecule has 1 unspecified atom stereocenters. The molecule has 1 saturated heterocycles. The van der Waals surface area contributed by atoms with Gasteiger partial charge in [0, 0.05) is 25.1 Å². The van der Waals surface area contributed by atoms with Crippen molar-refractivity contribution in [3.63, 3.8) is 0 Å². The Balaban J connectivity index is 1.85. The highest BCUT2D eigenvalue weighted by atomic mass is 32.1. The summed E-state index contributed by atoms with van der Waals surface area (Å²) in [5.74, 6) is 6.68. The minimum absolute atomic E-state index is 0.429. The summed E-state index contributed by atoms with van der Waals surface area (Å²) in [5, 5.41) is 0. The number of likely N-dealkylation sites (tertiary alicyclic amines) is 1. The molecule has 1 fully saturated rings. The first-order valence-corrected chi connectivity index (χ1v) is 7.12. The zero-order valence-corrected chi connectivity index (χ0v) is 11.6. The second kappa shape index (κ2) is 6.91. The number of hydrogen-bond acceptors (Lipinski definition) is 4. The Kier molecular flexibility index (Phi) is 5.21. The molecule has 1 aromatic heterocycles. The Hall–Kier alpha value is -0.860. The zero-order valence-electron chi connectivity index (χ0n) is 10.8. The van der Waals surface area contributed by atoms with Crippen LogP contribution in [-0.2, 0) is 11.3 Å². The number of hydrogen-bond donors (Lipinski definition) is 1. The molecular weight excluding hydrogens is 244 g/mol. The Morgan fingerprint density at radius 2 is 2.44 bits per heavy atom. The summed E-state index contributed by atoms with van der Waals surface area (Å²) in [7, 11) is 1.78. The molecule has 1 aromatic rings. The van der Waals surface area contributed by atoms with E-state index in [1.165, 1.54) is 17.8 Å². The van der Waals surface area contributed by atoms with Crippen LogP contribution < -0.4 is 5.73 Å². The van der Waals surface area contributed by atoms with Crippen molar-refractivity contribution in [2.24, 2.45) is 11.7 Å². The lowest BCUT2D eigenvalue weighted by Crippen LogP contribution is -2.20. The van der Waals surface area contributed by atoms with Gasteiger partial charge in [0.05, 0.1) is 18.0 Å². The Morgan fingerprint density at radius 3 is 3.22 bits per heavy atom. The van der Waals surface area contributed by atoms with Gasteiger partial charge in [-0.3, -0.25) is 4.90 Å². The summed E-state index contributed by atoms with van der Waals surface area (Å²) in [6.07, 6.45) is 1.25. The summed E-state index contributed by atoms with van der Waals surface area (Å²) in [4.78, 5) is 4.99. The number of methoxy groups -OCH3 is 1. The highest BCUT2D eigenvalue weighted by Gasteiger charge is 2.22. The van der Waals surface area contributed by atoms with Gasteiger partial charge in [-0.05, 0) is 31.0 Å². The molecule has 2 heterocycles. The van der Waals surface area contributed by atoms with E-state index in [2.05, 4.69) is 28.9 Å². The highest BCUT2D eigenvalue weighted by molar-refractivity contribution is 7.12. The van der Waals surface area contributed by atoms with Crippen molar-refractivity contribution >= 4 is 11.3 Å². The van der Waals surface area contributed by atoms with E-state index in [0.717, 1.165) is 24.6 Å². The van der Waals surface area contributed by atoms with E-state index in [4.69, 9.17) is 10.5 Å². The maximum Gasteiger partial charge on any atom is 0.0772 e. The molecule has 1 aliphatic heterocycles. The zero-order chi connectivity index (χ0) is 12.8. The van der Waals surface area contributed by atoms with E-state index in [9.17, 15) is 0 Å². The average molecular weight is 264 g/mol. The fourth-order valence-electron chi connectivity index (χ4n) is 2.32. The van der Waals surface area contributed by atoms with Crippen LogP contribution in [0.3, 0.4) is 0 Å². The first kappa shape index (κ1) is 13.6. The molecule has 0 aliphatic carbocycles. The highest BCUT2D eigenvalue weighted by Crippen LogP contribution is 2.22. The normalized spacial score (nSPS) is 19.8. The first-order chi connectivity index (χ1) is 8.81. The van der Waals surface area contributed by atoms with Crippen molar-refractivity contribution in [1.29, 1.82) is 0 Å². The molecule has 1 atom stereocenters. The van der Waals surface area contributed by atoms with E-state index in [-0.39, 0.29) is 0 Å². The number of nitrogens with two attached hydrogens (primary N) is 1. The quantitative estimate of drug-likeness (QED) is 0.838. The fourth-order valence-corrected chi connectivity index (χ4v) is 3.24. The van der Waals surface area contributed by atoms with E-state index < -0.39 is 0 Å². The number of rotatable bonds is 4. The van der Waals surface area contributed by atoms with Crippen LogP contribution in [0.25, 0.3) is 0 Å². The molecule has 0 aromatic carbocycles. The van der Waals surface area contributed by atoms with Gasteiger partial charge in [-0.2, -0.15) is 0 Å². The van der Waals surface area contributed by atoms with Crippen LogP contribution in [0.5, 0.6) is 0 Å². The third-order valence-corrected chi connectivity index (χ3v) is 4.11. The number of thiophene rings is 1. The molecular formula is C14H20N2OS. The van der Waals surface area contributed by atoms with Gasteiger partial charge >= 0.3 is 0 Å². The Morgan fingerprint density at radius 1 is 1.56 bits per heavy atom. The van der Waals surface area contributed by atoms with Crippen LogP contribution >= 0.6 is 11.3 Å². The molecule has 2 N–H and O–H groups in total. The second-order valence-corrected chi connectivity index (χ2v) is 5.79. The largest absolute Gasteiger partial charge is 0.384 e. The van der Waals surface area contributed by atoms with Crippen LogP contribution in [0.2, 0.25) is 0 Å². The molecule has 0 amide bonds. The van der Waals surface area contributed by atoms with Gasteiger partial charge in [-0.25, -0.2) is 0 Å². The minimum Gasteiger partial charge on any atom is -0.384 e. The van der Waals surface area contributed by atoms with Gasteiger partial charge in [0.15, 0.2) is 0 Å². The van der Waals surface area contributed by atoms with Crippen LogP contribution in [-0.4, -0.2) is 38.3 Å². The van der Waals surface area contributed by atoms with Gasteiger partial charge < -0.3 is 10.5 Å². The second-order valence-electron chi connectivity index (χ2n) is 4.62. The Bertz CT molecular complexity index is 432. The lowest BCUT2D eigenvalue weighted by Gasteiger charge is -2.14. The van der Waals surface area contributed by atoms with Crippen molar-refractivity contribution in [1.82, 2.24) is 4.90 Å². The summed E-state index contributed by atoms with van der Waals surface area (Å²) in [5.41, 5.74) is 5.37. The van der Waals surface area contributed by atoms with Gasteiger partial charge in [0.1, 0.15) is 0 Å². The van der Waals surface area contributed by atoms with Crippen LogP contribution in [0, 0.1) is 17.8 Å². The van der Waals surface area contributed by atoms with Crippen LogP contribution in [0.15, 0.2) is 12.1 Å². The molecule has 4 heteroatoms. The molecule has 18 heavy (non-hydrogen) atoms. The molecule has 2 rings (SSSR count). The van der Waals surface area contributed by atoms with Crippen LogP contribution in [0.4, 0.5) is 0 Å². The fraction of sp³-hybridized carbons (Fsp3) is 0.571. The summed E-state index contributed by atoms with van der Waals surface area (Å²) >= 11 is 1.77. The predicted octanol–water partition coefficient (Wildman–Crippen LogP) is 1.53. The van der Waals surface area contributed by atoms with E-state index in [1.807, 2.05) is 0 Å². The lowest BCUT2D eigenvalue weighted by atomic mass is 10.1. The predicted molar refractivity (Wildman–Crippen MR) is 75.5 cm³/mol. The molecule has 0 saturated carbocycles. The summed E-state index contributed by atoms with van der Waals surface area (Å²) in [6.45, 7) is 4.67. The van der Waals surface area contributed by atoms with E-state index >= 15 is 0 Å². The van der Waals surface area contributed by atoms with Crippen molar-refractivity contribution in [3.8, 4) is 11.8 Å². The molecule has 3 nitrogen and oxygen atoms in total. The standard InChI is InChI=1S/C14H20N2OS/c1-17-11-12-6-8-16(9-12)10-14-5-4-13(18-14)3-2-7-15/h4-5,12H,6-11,15H2,1H3. The number of ether oxygens (including phenoxy) is 1.